The molecule has 0 spiro atoms. The Hall–Kier alpha value is -2.15. The van der Waals surface area contributed by atoms with Gasteiger partial charge < -0.3 is 14.5 Å². The van der Waals surface area contributed by atoms with Crippen molar-refractivity contribution in [3.8, 4) is 6.01 Å². The van der Waals surface area contributed by atoms with E-state index in [0.717, 1.165) is 41.7 Å². The molecule has 1 aromatic carbocycles. The molecule has 7 heteroatoms. The van der Waals surface area contributed by atoms with Crippen LogP contribution >= 0.6 is 15.9 Å². The quantitative estimate of drug-likeness (QED) is 0.745. The molecule has 0 saturated carbocycles. The summed E-state index contributed by atoms with van der Waals surface area (Å²) < 4.78 is 6.50. The molecule has 2 heterocycles. The van der Waals surface area contributed by atoms with Gasteiger partial charge in [-0.3, -0.25) is 4.79 Å². The van der Waals surface area contributed by atoms with Gasteiger partial charge >= 0.3 is 6.01 Å². The van der Waals surface area contributed by atoms with E-state index in [2.05, 4.69) is 25.9 Å². The lowest BCUT2D eigenvalue weighted by atomic mass is 9.97. The number of rotatable bonds is 5. The van der Waals surface area contributed by atoms with Gasteiger partial charge in [0.05, 0.1) is 11.1 Å². The molecule has 26 heavy (non-hydrogen) atoms. The second-order valence-electron chi connectivity index (χ2n) is 6.68. The van der Waals surface area contributed by atoms with Crippen LogP contribution in [0.5, 0.6) is 6.01 Å². The van der Waals surface area contributed by atoms with Crippen molar-refractivity contribution in [2.45, 2.75) is 12.8 Å². The Kier molecular flexibility index (Phi) is 6.08. The fourth-order valence-electron chi connectivity index (χ4n) is 2.97. The maximum absolute atomic E-state index is 12.7. The minimum atomic E-state index is 0.101. The number of halogens is 1. The summed E-state index contributed by atoms with van der Waals surface area (Å²) in [4.78, 5) is 24.9. The molecule has 3 rings (SSSR count). The summed E-state index contributed by atoms with van der Waals surface area (Å²) in [6, 6.07) is 8.16. The molecule has 138 valence electrons. The Balaban J connectivity index is 1.50. The summed E-state index contributed by atoms with van der Waals surface area (Å²) in [7, 11) is 3.95. The van der Waals surface area contributed by atoms with Gasteiger partial charge in [0.2, 0.25) is 0 Å². The van der Waals surface area contributed by atoms with E-state index in [-0.39, 0.29) is 5.91 Å². The highest BCUT2D eigenvalue weighted by Gasteiger charge is 2.24. The number of hydrogen-bond acceptors (Lipinski definition) is 5. The molecular weight excluding hydrogens is 396 g/mol. The van der Waals surface area contributed by atoms with Crippen LogP contribution in [0.4, 0.5) is 5.69 Å². The summed E-state index contributed by atoms with van der Waals surface area (Å²) in [6.07, 6.45) is 5.20. The maximum atomic E-state index is 12.7. The third-order valence-electron chi connectivity index (χ3n) is 4.56. The first kappa shape index (κ1) is 18.6. The van der Waals surface area contributed by atoms with Crippen molar-refractivity contribution in [3.05, 3.63) is 46.7 Å². The molecule has 0 unspecified atom stereocenters. The van der Waals surface area contributed by atoms with Gasteiger partial charge in [0.15, 0.2) is 0 Å². The molecule has 1 aromatic heterocycles. The van der Waals surface area contributed by atoms with Crippen LogP contribution in [0.15, 0.2) is 41.1 Å². The molecule has 1 amide bonds. The van der Waals surface area contributed by atoms with E-state index in [1.165, 1.54) is 0 Å². The van der Waals surface area contributed by atoms with E-state index in [9.17, 15) is 4.79 Å². The van der Waals surface area contributed by atoms with Gasteiger partial charge in [-0.25, -0.2) is 9.97 Å². The molecule has 1 saturated heterocycles. The lowest BCUT2D eigenvalue weighted by molar-refractivity contribution is 0.0657. The van der Waals surface area contributed by atoms with Crippen LogP contribution in [0.2, 0.25) is 0 Å². The summed E-state index contributed by atoms with van der Waals surface area (Å²) in [5.41, 5.74) is 1.78. The first-order valence-corrected chi connectivity index (χ1v) is 9.49. The van der Waals surface area contributed by atoms with Gasteiger partial charge in [-0.2, -0.15) is 0 Å². The summed E-state index contributed by atoms with van der Waals surface area (Å²) in [5.74, 6) is 0.517. The van der Waals surface area contributed by atoms with Crippen LogP contribution in [-0.4, -0.2) is 54.6 Å². The van der Waals surface area contributed by atoms with Gasteiger partial charge in [0.25, 0.3) is 5.91 Å². The second-order valence-corrected chi connectivity index (χ2v) is 7.59. The van der Waals surface area contributed by atoms with Crippen LogP contribution in [-0.2, 0) is 0 Å². The van der Waals surface area contributed by atoms with Gasteiger partial charge in [0.1, 0.15) is 0 Å². The van der Waals surface area contributed by atoms with Crippen LogP contribution < -0.4 is 9.64 Å². The fourth-order valence-corrected chi connectivity index (χ4v) is 3.17. The highest BCUT2D eigenvalue weighted by atomic mass is 79.9. The maximum Gasteiger partial charge on any atom is 0.316 e. The first-order valence-electron chi connectivity index (χ1n) is 8.70. The van der Waals surface area contributed by atoms with Crippen molar-refractivity contribution in [2.75, 3.05) is 38.7 Å². The van der Waals surface area contributed by atoms with Gasteiger partial charge in [-0.15, -0.1) is 0 Å². The zero-order valence-corrected chi connectivity index (χ0v) is 16.6. The van der Waals surface area contributed by atoms with E-state index < -0.39 is 0 Å². The van der Waals surface area contributed by atoms with Gasteiger partial charge in [-0.1, -0.05) is 6.07 Å². The van der Waals surface area contributed by atoms with Gasteiger partial charge in [-0.05, 0) is 52.9 Å². The number of aromatic nitrogens is 2. The molecular formula is C19H23BrN4O2. The molecule has 6 nitrogen and oxygen atoms in total. The number of likely N-dealkylation sites (tertiary alicyclic amines) is 1. The highest BCUT2D eigenvalue weighted by Crippen LogP contribution is 2.21. The Morgan fingerprint density at radius 2 is 1.96 bits per heavy atom. The molecule has 0 atom stereocenters. The Morgan fingerprint density at radius 1 is 1.27 bits per heavy atom. The normalized spacial score (nSPS) is 15.0. The van der Waals surface area contributed by atoms with Crippen LogP contribution in [0, 0.1) is 5.92 Å². The van der Waals surface area contributed by atoms with E-state index in [4.69, 9.17) is 4.74 Å². The zero-order chi connectivity index (χ0) is 18.5. The monoisotopic (exact) mass is 418 g/mol. The van der Waals surface area contributed by atoms with E-state index in [1.54, 1.807) is 12.4 Å². The smallest absolute Gasteiger partial charge is 0.316 e. The van der Waals surface area contributed by atoms with Crippen molar-refractivity contribution in [1.82, 2.24) is 14.9 Å². The molecule has 2 aromatic rings. The second kappa shape index (κ2) is 8.49. The molecule has 1 aliphatic heterocycles. The summed E-state index contributed by atoms with van der Waals surface area (Å²) in [5, 5.41) is 0. The molecule has 0 aliphatic carbocycles. The van der Waals surface area contributed by atoms with Crippen LogP contribution in [0.25, 0.3) is 0 Å². The molecule has 1 fully saturated rings. The lowest BCUT2D eigenvalue weighted by Gasteiger charge is -2.32. The topological polar surface area (TPSA) is 58.6 Å². The van der Waals surface area contributed by atoms with E-state index in [1.807, 2.05) is 48.2 Å². The average Bonchev–Trinajstić information content (AvgIpc) is 2.67. The van der Waals surface area contributed by atoms with Crippen molar-refractivity contribution in [2.24, 2.45) is 5.92 Å². The average molecular weight is 419 g/mol. The molecule has 0 N–H and O–H groups in total. The third kappa shape index (κ3) is 4.72. The number of nitrogens with zero attached hydrogens (tertiary/aromatic N) is 4. The van der Waals surface area contributed by atoms with Crippen molar-refractivity contribution in [3.63, 3.8) is 0 Å². The van der Waals surface area contributed by atoms with Crippen LogP contribution in [0.1, 0.15) is 23.2 Å². The minimum Gasteiger partial charge on any atom is -0.463 e. The third-order valence-corrected chi connectivity index (χ3v) is 4.97. The van der Waals surface area contributed by atoms with Crippen molar-refractivity contribution in [1.29, 1.82) is 0 Å². The molecule has 0 radical (unpaired) electrons. The van der Waals surface area contributed by atoms with Crippen molar-refractivity contribution >= 4 is 27.5 Å². The number of hydrogen-bond donors (Lipinski definition) is 0. The zero-order valence-electron chi connectivity index (χ0n) is 15.1. The highest BCUT2D eigenvalue weighted by molar-refractivity contribution is 9.10. The Morgan fingerprint density at radius 3 is 2.62 bits per heavy atom. The first-order chi connectivity index (χ1) is 12.5. The number of anilines is 1. The fraction of sp³-hybridized carbons (Fsp3) is 0.421. The Labute approximate surface area is 162 Å². The number of benzene rings is 1. The summed E-state index contributed by atoms with van der Waals surface area (Å²) >= 11 is 3.30. The minimum absolute atomic E-state index is 0.101. The Bertz CT molecular complexity index is 743. The van der Waals surface area contributed by atoms with E-state index in [0.29, 0.717) is 18.5 Å². The SMILES string of the molecule is CN(C)c1cccc(C(=O)N2CCC(COc3ncc(Br)cn3)CC2)c1. The summed E-state index contributed by atoms with van der Waals surface area (Å²) in [6.45, 7) is 2.08. The number of ether oxygens (including phenoxy) is 1. The standard InChI is InChI=1S/C19H23BrN4O2/c1-23(2)17-5-3-4-15(10-17)18(25)24-8-6-14(7-9-24)13-26-19-21-11-16(20)12-22-19/h3-5,10-12,14H,6-9,13H2,1-2H3. The predicted molar refractivity (Wildman–Crippen MR) is 105 cm³/mol. The number of amides is 1. The van der Waals surface area contributed by atoms with Crippen LogP contribution in [0.3, 0.4) is 0 Å². The van der Waals surface area contributed by atoms with E-state index >= 15 is 0 Å². The molecule has 1 aliphatic rings. The number of carbonyl (C=O) groups is 1. The number of carbonyl (C=O) groups excluding carboxylic acids is 1. The largest absolute Gasteiger partial charge is 0.463 e. The number of piperidine rings is 1. The van der Waals surface area contributed by atoms with Gasteiger partial charge in [0, 0.05) is 50.8 Å². The molecule has 0 bridgehead atoms. The lowest BCUT2D eigenvalue weighted by Crippen LogP contribution is -2.39. The predicted octanol–water partition coefficient (Wildman–Crippen LogP) is 3.24. The van der Waals surface area contributed by atoms with Crippen molar-refractivity contribution < 1.29 is 9.53 Å².